The summed E-state index contributed by atoms with van der Waals surface area (Å²) in [4.78, 5) is 25.7. The van der Waals surface area contributed by atoms with Crippen molar-refractivity contribution in [3.63, 3.8) is 0 Å². The second-order valence-electron chi connectivity index (χ2n) is 8.30. The van der Waals surface area contributed by atoms with Gasteiger partial charge in [0.1, 0.15) is 27.8 Å². The van der Waals surface area contributed by atoms with Crippen LogP contribution in [0.25, 0.3) is 32.4 Å². The number of hydrogen-bond acceptors (Lipinski definition) is 10. The van der Waals surface area contributed by atoms with E-state index in [0.29, 0.717) is 34.6 Å². The van der Waals surface area contributed by atoms with Gasteiger partial charge in [-0.15, -0.1) is 0 Å². The molecule has 3 aromatic heterocycles. The van der Waals surface area contributed by atoms with Gasteiger partial charge >= 0.3 is 0 Å². The highest BCUT2D eigenvalue weighted by molar-refractivity contribution is 7.22. The lowest BCUT2D eigenvalue weighted by molar-refractivity contribution is -0.117. The summed E-state index contributed by atoms with van der Waals surface area (Å²) in [7, 11) is 0. The molecule has 0 aliphatic heterocycles. The molecule has 5 aromatic rings. The van der Waals surface area contributed by atoms with Crippen LogP contribution >= 0.6 is 11.3 Å². The summed E-state index contributed by atoms with van der Waals surface area (Å²) in [6.45, 7) is 4.31. The first kappa shape index (κ1) is 24.5. The summed E-state index contributed by atoms with van der Waals surface area (Å²) in [6.07, 6.45) is 2.48. The molecule has 3 heterocycles. The van der Waals surface area contributed by atoms with Crippen molar-refractivity contribution < 1.29 is 18.4 Å². The van der Waals surface area contributed by atoms with Crippen LogP contribution in [0.4, 0.5) is 15.3 Å². The van der Waals surface area contributed by atoms with E-state index in [4.69, 9.17) is 15.0 Å². The maximum Gasteiger partial charge on any atom is 0.244 e. The van der Waals surface area contributed by atoms with Crippen molar-refractivity contribution >= 4 is 49.2 Å². The highest BCUT2D eigenvalue weighted by atomic mass is 32.1. The minimum Gasteiger partial charge on any atom is -0.492 e. The molecule has 0 saturated carbocycles. The molecular weight excluding hydrogens is 497 g/mol. The molecule has 0 fully saturated rings. The highest BCUT2D eigenvalue weighted by Crippen LogP contribution is 2.35. The van der Waals surface area contributed by atoms with Crippen LogP contribution in [0.1, 0.15) is 19.2 Å². The van der Waals surface area contributed by atoms with E-state index in [1.807, 2.05) is 31.2 Å². The Labute approximate surface area is 215 Å². The lowest BCUT2D eigenvalue weighted by atomic mass is 10.1. The van der Waals surface area contributed by atoms with E-state index in [-0.39, 0.29) is 17.2 Å². The van der Waals surface area contributed by atoms with Gasteiger partial charge in [0.05, 0.1) is 6.61 Å². The fourth-order valence-corrected chi connectivity index (χ4v) is 4.64. The number of ether oxygens (including phenoxy) is 1. The van der Waals surface area contributed by atoms with Gasteiger partial charge in [-0.25, -0.2) is 14.4 Å². The average Bonchev–Trinajstić information content (AvgIpc) is 3.53. The van der Waals surface area contributed by atoms with Crippen molar-refractivity contribution in [2.45, 2.75) is 26.3 Å². The van der Waals surface area contributed by atoms with Crippen molar-refractivity contribution in [3.05, 3.63) is 54.3 Å². The average molecular weight is 522 g/mol. The fraction of sp³-hybridized carbons (Fsp3) is 0.240. The summed E-state index contributed by atoms with van der Waals surface area (Å²) >= 11 is 1.14. The number of nitrogens with zero attached hydrogens (tertiary/aromatic N) is 4. The third-order valence-corrected chi connectivity index (χ3v) is 6.51. The van der Waals surface area contributed by atoms with E-state index in [9.17, 15) is 9.18 Å². The van der Waals surface area contributed by atoms with Crippen LogP contribution in [0.3, 0.4) is 0 Å². The van der Waals surface area contributed by atoms with E-state index < -0.39 is 17.8 Å². The zero-order chi connectivity index (χ0) is 25.9. The van der Waals surface area contributed by atoms with Gasteiger partial charge in [0.15, 0.2) is 10.9 Å². The fourth-order valence-electron chi connectivity index (χ4n) is 3.69. The smallest absolute Gasteiger partial charge is 0.244 e. The van der Waals surface area contributed by atoms with E-state index in [1.54, 1.807) is 19.2 Å². The topological polar surface area (TPSA) is 141 Å². The quantitative estimate of drug-likeness (QED) is 0.255. The lowest BCUT2D eigenvalue weighted by Gasteiger charge is -2.14. The van der Waals surface area contributed by atoms with Gasteiger partial charge in [-0.1, -0.05) is 35.5 Å². The molecule has 0 bridgehead atoms. The van der Waals surface area contributed by atoms with Gasteiger partial charge in [-0.3, -0.25) is 4.79 Å². The van der Waals surface area contributed by atoms with Crippen LogP contribution in [0, 0.1) is 12.7 Å². The zero-order valence-electron chi connectivity index (χ0n) is 20.1. The Hall–Kier alpha value is -4.16. The second kappa shape index (κ2) is 10.4. The first-order chi connectivity index (χ1) is 17.9. The van der Waals surface area contributed by atoms with E-state index in [0.717, 1.165) is 34.1 Å². The molecule has 0 saturated heterocycles. The molecule has 190 valence electrons. The number of benzene rings is 2. The normalized spacial score (nSPS) is 12.1. The maximum absolute atomic E-state index is 14.3. The standard InChI is InChI=1S/C25H24FN7O3S/c1-3-10-35-19-7-6-17(26)20-21(19)37-25(31-20)32-24(34)18(27)12-29-23-16-11-15(22-30-13(2)36-33-22)5-4-14(16)8-9-28-23/h4-9,11,18H,3,10,12,27H2,1-2H3,(H,28,29)(H,31,32,34)/t18-/m1/s1. The van der Waals surface area contributed by atoms with Crippen molar-refractivity contribution in [3.8, 4) is 17.1 Å². The number of aromatic nitrogens is 4. The molecule has 0 aliphatic rings. The van der Waals surface area contributed by atoms with Gasteiger partial charge in [0.25, 0.3) is 0 Å². The number of pyridine rings is 1. The van der Waals surface area contributed by atoms with E-state index in [1.165, 1.54) is 6.07 Å². The Morgan fingerprint density at radius 1 is 1.24 bits per heavy atom. The highest BCUT2D eigenvalue weighted by Gasteiger charge is 2.19. The summed E-state index contributed by atoms with van der Waals surface area (Å²) in [6, 6.07) is 9.55. The molecule has 0 radical (unpaired) electrons. The van der Waals surface area contributed by atoms with Gasteiger partial charge < -0.3 is 25.6 Å². The number of amides is 1. The summed E-state index contributed by atoms with van der Waals surface area (Å²) in [5.74, 6) is 1.07. The molecule has 0 unspecified atom stereocenters. The number of fused-ring (bicyclic) bond motifs is 2. The minimum atomic E-state index is -0.923. The Morgan fingerprint density at radius 3 is 2.89 bits per heavy atom. The van der Waals surface area contributed by atoms with Gasteiger partial charge in [0.2, 0.25) is 17.6 Å². The number of carbonyl (C=O) groups excluding carboxylic acids is 1. The molecule has 4 N–H and O–H groups in total. The summed E-state index contributed by atoms with van der Waals surface area (Å²) in [5, 5.41) is 11.8. The van der Waals surface area contributed by atoms with Crippen LogP contribution in [0.15, 0.2) is 47.1 Å². The Kier molecular flexibility index (Phi) is 6.93. The van der Waals surface area contributed by atoms with Gasteiger partial charge in [-0.2, -0.15) is 4.98 Å². The molecule has 12 heteroatoms. The lowest BCUT2D eigenvalue weighted by Crippen LogP contribution is -2.41. The molecule has 1 amide bonds. The Balaban J connectivity index is 1.29. The number of halogens is 1. The largest absolute Gasteiger partial charge is 0.492 e. The summed E-state index contributed by atoms with van der Waals surface area (Å²) in [5.41, 5.74) is 7.06. The van der Waals surface area contributed by atoms with Gasteiger partial charge in [-0.05, 0) is 36.1 Å². The monoisotopic (exact) mass is 521 g/mol. The minimum absolute atomic E-state index is 0.105. The number of anilines is 2. The van der Waals surface area contributed by atoms with E-state index >= 15 is 0 Å². The zero-order valence-corrected chi connectivity index (χ0v) is 20.9. The molecule has 5 rings (SSSR count). The van der Waals surface area contributed by atoms with Crippen molar-refractivity contribution in [1.82, 2.24) is 20.1 Å². The second-order valence-corrected chi connectivity index (χ2v) is 9.30. The van der Waals surface area contributed by atoms with Crippen LogP contribution in [0.2, 0.25) is 0 Å². The molecule has 10 nitrogen and oxygen atoms in total. The number of hydrogen-bond donors (Lipinski definition) is 3. The first-order valence-corrected chi connectivity index (χ1v) is 12.5. The molecule has 2 aromatic carbocycles. The van der Waals surface area contributed by atoms with Gasteiger partial charge in [0, 0.05) is 30.6 Å². The molecule has 37 heavy (non-hydrogen) atoms. The number of aryl methyl sites for hydroxylation is 1. The predicted octanol–water partition coefficient (Wildman–Crippen LogP) is 4.51. The van der Waals surface area contributed by atoms with Crippen LogP contribution in [0.5, 0.6) is 5.75 Å². The molecular formula is C25H24FN7O3S. The Morgan fingerprint density at radius 2 is 2.11 bits per heavy atom. The third-order valence-electron chi connectivity index (χ3n) is 5.53. The molecule has 0 spiro atoms. The predicted molar refractivity (Wildman–Crippen MR) is 140 cm³/mol. The number of rotatable bonds is 9. The summed E-state index contributed by atoms with van der Waals surface area (Å²) < 4.78 is 25.6. The van der Waals surface area contributed by atoms with Crippen LogP contribution in [-0.2, 0) is 4.79 Å². The van der Waals surface area contributed by atoms with E-state index in [2.05, 4.69) is 30.7 Å². The van der Waals surface area contributed by atoms with Crippen molar-refractivity contribution in [2.75, 3.05) is 23.8 Å². The van der Waals surface area contributed by atoms with Crippen LogP contribution < -0.4 is 21.1 Å². The Bertz CT molecular complexity index is 1590. The third kappa shape index (κ3) is 5.20. The number of carbonyl (C=O) groups is 1. The first-order valence-electron chi connectivity index (χ1n) is 11.6. The van der Waals surface area contributed by atoms with Crippen molar-refractivity contribution in [2.24, 2.45) is 5.73 Å². The maximum atomic E-state index is 14.3. The number of nitrogens with one attached hydrogen (secondary N) is 2. The van der Waals surface area contributed by atoms with Crippen molar-refractivity contribution in [1.29, 1.82) is 0 Å². The number of nitrogens with two attached hydrogens (primary N) is 1. The van der Waals surface area contributed by atoms with Crippen LogP contribution in [-0.4, -0.2) is 45.2 Å². The molecule has 0 aliphatic carbocycles. The molecule has 1 atom stereocenters. The number of thiazole rings is 1. The SMILES string of the molecule is CCCOc1ccc(F)c2nc(NC(=O)[C@H](N)CNc3nccc4ccc(-c5noc(C)n5)cc34)sc12.